The zero-order chi connectivity index (χ0) is 29.1. The molecular formula is C29H25F3N4O4. The number of hydrogen-bond donors (Lipinski definition) is 0. The van der Waals surface area contributed by atoms with Gasteiger partial charge < -0.3 is 14.3 Å². The Kier molecular flexibility index (Phi) is 10.0. The summed E-state index contributed by atoms with van der Waals surface area (Å²) in [5.41, 5.74) is 1.75. The van der Waals surface area contributed by atoms with E-state index < -0.39 is 17.8 Å². The van der Waals surface area contributed by atoms with Crippen molar-refractivity contribution in [2.75, 3.05) is 25.7 Å². The standard InChI is InChI=1S/C29H25F3N4O4/c1-5-18-36(28(37)38-3)26-9-7-6-8-22(26)19-33-34-20(2)27(35-39-4)21-10-14-24(15-11-21)40-25-16-12-23(13-17-25)29(30,31)32/h1,6-17,19H,18H2,2-4H3/b33-19+,34-20+,35-27-. The summed E-state index contributed by atoms with van der Waals surface area (Å²) in [5.74, 6) is 3.09. The van der Waals surface area contributed by atoms with E-state index in [1.54, 1.807) is 55.5 Å². The summed E-state index contributed by atoms with van der Waals surface area (Å²) in [6.45, 7) is 1.69. The molecular weight excluding hydrogens is 525 g/mol. The number of oxime groups is 1. The number of ether oxygens (including phenoxy) is 2. The maximum atomic E-state index is 12.8. The molecule has 0 aliphatic heterocycles. The summed E-state index contributed by atoms with van der Waals surface area (Å²) < 4.78 is 48.8. The number of alkyl halides is 3. The molecule has 40 heavy (non-hydrogen) atoms. The van der Waals surface area contributed by atoms with Crippen molar-refractivity contribution in [2.45, 2.75) is 13.1 Å². The monoisotopic (exact) mass is 550 g/mol. The van der Waals surface area contributed by atoms with Crippen molar-refractivity contribution >= 4 is 29.4 Å². The molecule has 0 saturated heterocycles. The molecule has 1 amide bonds. The number of halogens is 3. The molecule has 0 saturated carbocycles. The van der Waals surface area contributed by atoms with Crippen LogP contribution in [0.5, 0.6) is 11.5 Å². The minimum absolute atomic E-state index is 0.00302. The van der Waals surface area contributed by atoms with Crippen LogP contribution in [0.15, 0.2) is 88.2 Å². The summed E-state index contributed by atoms with van der Waals surface area (Å²) in [6.07, 6.45) is 1.84. The predicted molar refractivity (Wildman–Crippen MR) is 147 cm³/mol. The Morgan fingerprint density at radius 3 is 2.20 bits per heavy atom. The van der Waals surface area contributed by atoms with E-state index in [4.69, 9.17) is 20.7 Å². The number of terminal acetylenes is 1. The van der Waals surface area contributed by atoms with Crippen molar-refractivity contribution in [2.24, 2.45) is 15.4 Å². The largest absolute Gasteiger partial charge is 0.457 e. The van der Waals surface area contributed by atoms with Gasteiger partial charge in [0.1, 0.15) is 24.3 Å². The first-order valence-corrected chi connectivity index (χ1v) is 11.7. The summed E-state index contributed by atoms with van der Waals surface area (Å²) in [5, 5.41) is 12.4. The van der Waals surface area contributed by atoms with Crippen LogP contribution in [0.25, 0.3) is 0 Å². The number of amides is 1. The summed E-state index contributed by atoms with van der Waals surface area (Å²) in [7, 11) is 2.65. The molecule has 0 N–H and O–H groups in total. The molecule has 8 nitrogen and oxygen atoms in total. The van der Waals surface area contributed by atoms with Crippen molar-refractivity contribution in [3.8, 4) is 23.8 Å². The van der Waals surface area contributed by atoms with Gasteiger partial charge in [-0.05, 0) is 61.5 Å². The summed E-state index contributed by atoms with van der Waals surface area (Å²) >= 11 is 0. The second kappa shape index (κ2) is 13.6. The third-order valence-corrected chi connectivity index (χ3v) is 5.35. The summed E-state index contributed by atoms with van der Waals surface area (Å²) in [6, 6.07) is 18.1. The van der Waals surface area contributed by atoms with Gasteiger partial charge in [-0.25, -0.2) is 4.79 Å². The maximum absolute atomic E-state index is 12.8. The van der Waals surface area contributed by atoms with Crippen molar-refractivity contribution < 1.29 is 32.3 Å². The number of para-hydroxylation sites is 1. The first-order chi connectivity index (χ1) is 19.2. The lowest BCUT2D eigenvalue weighted by atomic mass is 10.1. The average Bonchev–Trinajstić information content (AvgIpc) is 2.95. The molecule has 0 heterocycles. The molecule has 3 aromatic rings. The van der Waals surface area contributed by atoms with Crippen LogP contribution in [0.1, 0.15) is 23.6 Å². The van der Waals surface area contributed by atoms with Crippen LogP contribution in [0.4, 0.5) is 23.7 Å². The van der Waals surface area contributed by atoms with Crippen molar-refractivity contribution in [1.29, 1.82) is 0 Å². The summed E-state index contributed by atoms with van der Waals surface area (Å²) in [4.78, 5) is 18.5. The lowest BCUT2D eigenvalue weighted by molar-refractivity contribution is -0.137. The molecule has 0 bridgehead atoms. The minimum atomic E-state index is -4.42. The van der Waals surface area contributed by atoms with Gasteiger partial charge in [-0.3, -0.25) is 4.90 Å². The second-order valence-corrected chi connectivity index (χ2v) is 8.02. The molecule has 3 rings (SSSR count). The zero-order valence-corrected chi connectivity index (χ0v) is 21.8. The highest BCUT2D eigenvalue weighted by Crippen LogP contribution is 2.31. The SMILES string of the molecule is C#CCN(C(=O)OC)c1ccccc1/C=N/N=C(C)/C(=N/OC)c1ccc(Oc2ccc(C(F)(F)F)cc2)cc1. The van der Waals surface area contributed by atoms with Crippen LogP contribution < -0.4 is 9.64 Å². The van der Waals surface area contributed by atoms with Crippen LogP contribution >= 0.6 is 0 Å². The molecule has 11 heteroatoms. The van der Waals surface area contributed by atoms with E-state index in [0.717, 1.165) is 12.1 Å². The van der Waals surface area contributed by atoms with Gasteiger partial charge in [0, 0.05) is 11.1 Å². The minimum Gasteiger partial charge on any atom is -0.457 e. The van der Waals surface area contributed by atoms with E-state index in [1.165, 1.54) is 37.5 Å². The lowest BCUT2D eigenvalue weighted by Crippen LogP contribution is -2.31. The lowest BCUT2D eigenvalue weighted by Gasteiger charge is -2.20. The number of benzene rings is 3. The van der Waals surface area contributed by atoms with Gasteiger partial charge >= 0.3 is 12.3 Å². The fourth-order valence-electron chi connectivity index (χ4n) is 3.46. The number of methoxy groups -OCH3 is 1. The topological polar surface area (TPSA) is 85.1 Å². The fraction of sp³-hybridized carbons (Fsp3) is 0.172. The Morgan fingerprint density at radius 2 is 1.62 bits per heavy atom. The van der Waals surface area contributed by atoms with Crippen molar-refractivity contribution in [1.82, 2.24) is 0 Å². The number of carbonyl (C=O) groups excluding carboxylic acids is 1. The van der Waals surface area contributed by atoms with Crippen LogP contribution in [0, 0.1) is 12.3 Å². The Balaban J connectivity index is 1.78. The van der Waals surface area contributed by atoms with Crippen LogP contribution in [0.2, 0.25) is 0 Å². The quantitative estimate of drug-likeness (QED) is 0.172. The molecule has 0 unspecified atom stereocenters. The molecule has 0 aromatic heterocycles. The zero-order valence-electron chi connectivity index (χ0n) is 21.8. The van der Waals surface area contributed by atoms with E-state index in [0.29, 0.717) is 34.0 Å². The van der Waals surface area contributed by atoms with E-state index in [9.17, 15) is 18.0 Å². The number of carbonyl (C=O) groups is 1. The van der Waals surface area contributed by atoms with Crippen LogP contribution in [0.3, 0.4) is 0 Å². The van der Waals surface area contributed by atoms with Gasteiger partial charge in [-0.1, -0.05) is 29.3 Å². The third kappa shape index (κ3) is 7.70. The average molecular weight is 551 g/mol. The van der Waals surface area contributed by atoms with E-state index in [-0.39, 0.29) is 12.3 Å². The Labute approximate surface area is 229 Å². The van der Waals surface area contributed by atoms with Gasteiger partial charge in [-0.15, -0.1) is 6.42 Å². The first kappa shape index (κ1) is 29.4. The highest BCUT2D eigenvalue weighted by molar-refractivity contribution is 6.47. The van der Waals surface area contributed by atoms with Gasteiger partial charge in [0.2, 0.25) is 0 Å². The fourth-order valence-corrected chi connectivity index (χ4v) is 3.46. The number of anilines is 1. The van der Waals surface area contributed by atoms with Crippen molar-refractivity contribution in [3.05, 3.63) is 89.5 Å². The molecule has 3 aromatic carbocycles. The Morgan fingerprint density at radius 1 is 1.00 bits per heavy atom. The normalized spacial score (nSPS) is 12.1. The Bertz CT molecular complexity index is 1440. The van der Waals surface area contributed by atoms with Gasteiger partial charge in [0.05, 0.1) is 36.8 Å². The predicted octanol–water partition coefficient (Wildman–Crippen LogP) is 6.55. The number of rotatable bonds is 9. The molecule has 0 aliphatic rings. The van der Waals surface area contributed by atoms with Crippen LogP contribution in [-0.2, 0) is 15.8 Å². The number of nitrogens with zero attached hydrogens (tertiary/aromatic N) is 4. The third-order valence-electron chi connectivity index (χ3n) is 5.35. The first-order valence-electron chi connectivity index (χ1n) is 11.7. The Hall–Kier alpha value is -5.11. The van der Waals surface area contributed by atoms with E-state index in [2.05, 4.69) is 21.3 Å². The van der Waals surface area contributed by atoms with Gasteiger partial charge in [-0.2, -0.15) is 23.4 Å². The molecule has 0 atom stereocenters. The smallest absolute Gasteiger partial charge is 0.416 e. The van der Waals surface area contributed by atoms with Crippen LogP contribution in [-0.4, -0.2) is 44.5 Å². The molecule has 0 aliphatic carbocycles. The molecule has 0 radical (unpaired) electrons. The maximum Gasteiger partial charge on any atom is 0.416 e. The van der Waals surface area contributed by atoms with Crippen molar-refractivity contribution in [3.63, 3.8) is 0 Å². The van der Waals surface area contributed by atoms with E-state index >= 15 is 0 Å². The van der Waals surface area contributed by atoms with E-state index in [1.807, 2.05) is 0 Å². The number of hydrogen-bond acceptors (Lipinski definition) is 7. The molecule has 0 fully saturated rings. The van der Waals surface area contributed by atoms with Gasteiger partial charge in [0.25, 0.3) is 0 Å². The molecule has 0 spiro atoms. The second-order valence-electron chi connectivity index (χ2n) is 8.02. The highest BCUT2D eigenvalue weighted by atomic mass is 19.4. The molecule has 206 valence electrons. The highest BCUT2D eigenvalue weighted by Gasteiger charge is 2.30. The van der Waals surface area contributed by atoms with Gasteiger partial charge in [0.15, 0.2) is 0 Å².